The summed E-state index contributed by atoms with van der Waals surface area (Å²) in [6.07, 6.45) is 0.420. The van der Waals surface area contributed by atoms with Gasteiger partial charge in [0.2, 0.25) is 0 Å². The van der Waals surface area contributed by atoms with Crippen molar-refractivity contribution in [2.45, 2.75) is 12.5 Å². The number of benzene rings is 1. The summed E-state index contributed by atoms with van der Waals surface area (Å²) in [5.41, 5.74) is 1.55. The summed E-state index contributed by atoms with van der Waals surface area (Å²) in [6.45, 7) is 0. The lowest BCUT2D eigenvalue weighted by Crippen LogP contribution is -2.27. The second-order valence-electron chi connectivity index (χ2n) is 3.52. The number of nitro groups is 1. The summed E-state index contributed by atoms with van der Waals surface area (Å²) >= 11 is 0. The number of hydrogen-bond donors (Lipinski definition) is 1. The molecule has 1 aromatic rings. The molecular weight excluding hydrogens is 212 g/mol. The van der Waals surface area contributed by atoms with Crippen LogP contribution in [-0.2, 0) is 16.0 Å². The zero-order chi connectivity index (χ0) is 11.7. The van der Waals surface area contributed by atoms with Crippen LogP contribution in [0.3, 0.4) is 0 Å². The Hall–Kier alpha value is -2.11. The molecule has 0 aromatic heterocycles. The summed E-state index contributed by atoms with van der Waals surface area (Å²) in [5.74, 6) is -0.362. The topological polar surface area (TPSA) is 81.5 Å². The molecule has 6 heteroatoms. The van der Waals surface area contributed by atoms with Gasteiger partial charge in [-0.2, -0.15) is 0 Å². The number of nitrogens with zero attached hydrogens (tertiary/aromatic N) is 1. The van der Waals surface area contributed by atoms with E-state index in [9.17, 15) is 14.9 Å². The molecule has 0 amide bonds. The molecule has 0 unspecified atom stereocenters. The molecule has 0 aliphatic carbocycles. The number of ether oxygens (including phenoxy) is 1. The van der Waals surface area contributed by atoms with E-state index in [4.69, 9.17) is 0 Å². The molecule has 1 heterocycles. The molecule has 6 nitrogen and oxygen atoms in total. The van der Waals surface area contributed by atoms with Crippen molar-refractivity contribution in [1.82, 2.24) is 0 Å². The van der Waals surface area contributed by atoms with Gasteiger partial charge in [0, 0.05) is 24.2 Å². The molecule has 1 aromatic carbocycles. The third kappa shape index (κ3) is 1.69. The summed E-state index contributed by atoms with van der Waals surface area (Å²) < 4.78 is 4.61. The molecule has 1 N–H and O–H groups in total. The SMILES string of the molecule is COC(=O)[C@@H]1Cc2cc([N+](=O)[O-])ccc2N1. The second kappa shape index (κ2) is 3.80. The van der Waals surface area contributed by atoms with Crippen LogP contribution < -0.4 is 5.32 Å². The average Bonchev–Trinajstić information content (AvgIpc) is 2.70. The van der Waals surface area contributed by atoms with Gasteiger partial charge in [0.05, 0.1) is 12.0 Å². The van der Waals surface area contributed by atoms with E-state index in [1.165, 1.54) is 19.2 Å². The first-order chi connectivity index (χ1) is 7.61. The molecule has 2 rings (SSSR count). The molecule has 0 radical (unpaired) electrons. The number of fused-ring (bicyclic) bond motifs is 1. The number of non-ortho nitro benzene ring substituents is 1. The Bertz CT molecular complexity index is 458. The van der Waals surface area contributed by atoms with Gasteiger partial charge in [0.1, 0.15) is 6.04 Å². The second-order valence-corrected chi connectivity index (χ2v) is 3.52. The van der Waals surface area contributed by atoms with E-state index in [-0.39, 0.29) is 11.7 Å². The lowest BCUT2D eigenvalue weighted by Gasteiger charge is -2.07. The summed E-state index contributed by atoms with van der Waals surface area (Å²) in [7, 11) is 1.31. The third-order valence-corrected chi connectivity index (χ3v) is 2.54. The number of nitro benzene ring substituents is 1. The zero-order valence-corrected chi connectivity index (χ0v) is 8.60. The van der Waals surface area contributed by atoms with Crippen molar-refractivity contribution >= 4 is 17.3 Å². The fourth-order valence-electron chi connectivity index (χ4n) is 1.75. The van der Waals surface area contributed by atoms with Crippen molar-refractivity contribution in [3.63, 3.8) is 0 Å². The highest BCUT2D eigenvalue weighted by Crippen LogP contribution is 2.29. The minimum absolute atomic E-state index is 0.0334. The fourth-order valence-corrected chi connectivity index (χ4v) is 1.75. The maximum Gasteiger partial charge on any atom is 0.328 e. The van der Waals surface area contributed by atoms with Crippen LogP contribution in [0.15, 0.2) is 18.2 Å². The number of carbonyl (C=O) groups is 1. The molecule has 1 atom stereocenters. The number of hydrogen-bond acceptors (Lipinski definition) is 5. The van der Waals surface area contributed by atoms with E-state index < -0.39 is 11.0 Å². The van der Waals surface area contributed by atoms with E-state index in [0.29, 0.717) is 6.42 Å². The number of esters is 1. The number of carbonyl (C=O) groups excluding carboxylic acids is 1. The predicted octanol–water partition coefficient (Wildman–Crippen LogP) is 1.10. The highest BCUT2D eigenvalue weighted by Gasteiger charge is 2.28. The Morgan fingerprint density at radius 1 is 1.62 bits per heavy atom. The van der Waals surface area contributed by atoms with Gasteiger partial charge < -0.3 is 10.1 Å². The fraction of sp³-hybridized carbons (Fsp3) is 0.300. The average molecular weight is 222 g/mol. The van der Waals surface area contributed by atoms with Gasteiger partial charge in [-0.3, -0.25) is 10.1 Å². The standard InChI is InChI=1S/C10H10N2O4/c1-16-10(13)9-5-6-4-7(12(14)15)2-3-8(6)11-9/h2-4,9,11H,5H2,1H3/t9-/m0/s1. The van der Waals surface area contributed by atoms with Crippen LogP contribution in [0.2, 0.25) is 0 Å². The molecule has 84 valence electrons. The number of methoxy groups -OCH3 is 1. The Labute approximate surface area is 91.4 Å². The molecule has 1 aliphatic heterocycles. The molecule has 0 bridgehead atoms. The smallest absolute Gasteiger partial charge is 0.328 e. The van der Waals surface area contributed by atoms with Gasteiger partial charge in [-0.25, -0.2) is 4.79 Å². The molecule has 0 fully saturated rings. The van der Waals surface area contributed by atoms with Crippen LogP contribution in [0.5, 0.6) is 0 Å². The lowest BCUT2D eigenvalue weighted by atomic mass is 10.1. The first-order valence-electron chi connectivity index (χ1n) is 4.73. The molecule has 16 heavy (non-hydrogen) atoms. The minimum Gasteiger partial charge on any atom is -0.467 e. The summed E-state index contributed by atoms with van der Waals surface area (Å²) in [5, 5.41) is 13.5. The largest absolute Gasteiger partial charge is 0.467 e. The predicted molar refractivity (Wildman–Crippen MR) is 56.2 cm³/mol. The van der Waals surface area contributed by atoms with E-state index >= 15 is 0 Å². The Morgan fingerprint density at radius 3 is 3.00 bits per heavy atom. The summed E-state index contributed by atoms with van der Waals surface area (Å²) in [6, 6.07) is 4.05. The van der Waals surface area contributed by atoms with Crippen LogP contribution >= 0.6 is 0 Å². The van der Waals surface area contributed by atoms with Crippen molar-refractivity contribution in [2.24, 2.45) is 0 Å². The van der Waals surface area contributed by atoms with Crippen LogP contribution in [0, 0.1) is 10.1 Å². The Balaban J connectivity index is 2.24. The monoisotopic (exact) mass is 222 g/mol. The van der Waals surface area contributed by atoms with Gasteiger partial charge >= 0.3 is 5.97 Å². The van der Waals surface area contributed by atoms with Gasteiger partial charge in [-0.05, 0) is 11.6 Å². The van der Waals surface area contributed by atoms with E-state index in [1.807, 2.05) is 0 Å². The maximum absolute atomic E-state index is 11.3. The zero-order valence-electron chi connectivity index (χ0n) is 8.60. The maximum atomic E-state index is 11.3. The molecule has 1 aliphatic rings. The van der Waals surface area contributed by atoms with Crippen LogP contribution in [0.1, 0.15) is 5.56 Å². The highest BCUT2D eigenvalue weighted by molar-refractivity contribution is 5.83. The van der Waals surface area contributed by atoms with Crippen LogP contribution in [-0.4, -0.2) is 24.0 Å². The third-order valence-electron chi connectivity index (χ3n) is 2.54. The Morgan fingerprint density at radius 2 is 2.38 bits per heavy atom. The first-order valence-corrected chi connectivity index (χ1v) is 4.73. The van der Waals surface area contributed by atoms with Crippen molar-refractivity contribution < 1.29 is 14.5 Å². The number of anilines is 1. The van der Waals surface area contributed by atoms with E-state index in [0.717, 1.165) is 11.3 Å². The van der Waals surface area contributed by atoms with E-state index in [1.54, 1.807) is 6.07 Å². The van der Waals surface area contributed by atoms with Gasteiger partial charge in [-0.1, -0.05) is 0 Å². The highest BCUT2D eigenvalue weighted by atomic mass is 16.6. The molecule has 0 saturated carbocycles. The van der Waals surface area contributed by atoms with Crippen molar-refractivity contribution in [3.8, 4) is 0 Å². The van der Waals surface area contributed by atoms with Gasteiger partial charge in [0.15, 0.2) is 0 Å². The van der Waals surface area contributed by atoms with Crippen molar-refractivity contribution in [3.05, 3.63) is 33.9 Å². The molecular formula is C10H10N2O4. The first kappa shape index (κ1) is 10.4. The quantitative estimate of drug-likeness (QED) is 0.460. The molecule has 0 spiro atoms. The van der Waals surface area contributed by atoms with Crippen LogP contribution in [0.25, 0.3) is 0 Å². The number of rotatable bonds is 2. The van der Waals surface area contributed by atoms with Gasteiger partial charge in [0.25, 0.3) is 5.69 Å². The molecule has 0 saturated heterocycles. The summed E-state index contributed by atoms with van der Waals surface area (Å²) in [4.78, 5) is 21.4. The normalized spacial score (nSPS) is 17.4. The lowest BCUT2D eigenvalue weighted by molar-refractivity contribution is -0.384. The number of nitrogens with one attached hydrogen (secondary N) is 1. The minimum atomic E-state index is -0.453. The van der Waals surface area contributed by atoms with Crippen molar-refractivity contribution in [2.75, 3.05) is 12.4 Å². The Kier molecular flexibility index (Phi) is 2.47. The van der Waals surface area contributed by atoms with Crippen LogP contribution in [0.4, 0.5) is 11.4 Å². The van der Waals surface area contributed by atoms with Gasteiger partial charge in [-0.15, -0.1) is 0 Å². The van der Waals surface area contributed by atoms with E-state index in [2.05, 4.69) is 10.1 Å². The van der Waals surface area contributed by atoms with Crippen molar-refractivity contribution in [1.29, 1.82) is 0 Å².